The smallest absolute Gasteiger partial charge is 0.243 e. The van der Waals surface area contributed by atoms with Crippen molar-refractivity contribution in [2.75, 3.05) is 13.7 Å². The Morgan fingerprint density at radius 2 is 2.15 bits per heavy atom. The summed E-state index contributed by atoms with van der Waals surface area (Å²) >= 11 is 0. The number of nitrogens with zero attached hydrogens (tertiary/aromatic N) is 2. The Labute approximate surface area is 118 Å². The van der Waals surface area contributed by atoms with Crippen molar-refractivity contribution in [3.8, 4) is 0 Å². The normalized spacial score (nSPS) is 38.2. The highest BCUT2D eigenvalue weighted by Gasteiger charge is 2.41. The lowest BCUT2D eigenvalue weighted by Crippen LogP contribution is -2.34. The van der Waals surface area contributed by atoms with E-state index in [1.807, 2.05) is 0 Å². The summed E-state index contributed by atoms with van der Waals surface area (Å²) in [6, 6.07) is -0.0392. The van der Waals surface area contributed by atoms with Crippen molar-refractivity contribution in [2.24, 2.45) is 5.92 Å². The molecule has 1 aromatic rings. The predicted octanol–water partition coefficient (Wildman–Crippen LogP) is 1.52. The number of aromatic nitrogens is 2. The van der Waals surface area contributed by atoms with Gasteiger partial charge in [-0.1, -0.05) is 12.1 Å². The summed E-state index contributed by atoms with van der Waals surface area (Å²) in [4.78, 5) is 4.54. The van der Waals surface area contributed by atoms with Gasteiger partial charge in [-0.25, -0.2) is 0 Å². The molecule has 0 radical (unpaired) electrons. The minimum absolute atomic E-state index is 0.0392. The number of methoxy groups -OCH3 is 1. The largest absolute Gasteiger partial charge is 0.392 e. The molecular weight excluding hydrogens is 258 g/mol. The molecule has 0 bridgehead atoms. The average Bonchev–Trinajstić information content (AvgIpc) is 3.09. The van der Waals surface area contributed by atoms with E-state index in [9.17, 15) is 5.11 Å². The molecule has 1 aliphatic carbocycles. The minimum atomic E-state index is -0.397. The molecule has 2 fully saturated rings. The molecule has 0 amide bonds. The number of ether oxygens (including phenoxy) is 1. The lowest BCUT2D eigenvalue weighted by molar-refractivity contribution is -0.0609. The number of aliphatic hydroxyl groups is 1. The van der Waals surface area contributed by atoms with Gasteiger partial charge in [0.1, 0.15) is 5.60 Å². The first-order valence-corrected chi connectivity index (χ1v) is 7.43. The van der Waals surface area contributed by atoms with E-state index >= 15 is 0 Å². The van der Waals surface area contributed by atoms with E-state index in [1.165, 1.54) is 0 Å². The van der Waals surface area contributed by atoms with Crippen LogP contribution >= 0.6 is 0 Å². The maximum atomic E-state index is 9.57. The third-order valence-corrected chi connectivity index (χ3v) is 4.73. The summed E-state index contributed by atoms with van der Waals surface area (Å²) in [5.74, 6) is 1.95. The van der Waals surface area contributed by atoms with Crippen LogP contribution in [0.3, 0.4) is 0 Å². The maximum Gasteiger partial charge on any atom is 0.243 e. The molecule has 1 aliphatic heterocycles. The molecule has 0 aromatic carbocycles. The fourth-order valence-corrected chi connectivity index (χ4v) is 3.21. The Hall–Kier alpha value is -0.980. The first kappa shape index (κ1) is 14.0. The summed E-state index contributed by atoms with van der Waals surface area (Å²) < 4.78 is 11.1. The molecule has 6 nitrogen and oxygen atoms in total. The van der Waals surface area contributed by atoms with Crippen LogP contribution < -0.4 is 5.32 Å². The third-order valence-electron chi connectivity index (χ3n) is 4.73. The van der Waals surface area contributed by atoms with Gasteiger partial charge in [0.15, 0.2) is 0 Å². The lowest BCUT2D eigenvalue weighted by atomic mass is 9.79. The highest BCUT2D eigenvalue weighted by Crippen LogP contribution is 2.41. The van der Waals surface area contributed by atoms with Gasteiger partial charge in [-0.05, 0) is 38.0 Å². The molecular formula is C14H23N3O3. The fraction of sp³-hybridized carbons (Fsp3) is 0.857. The van der Waals surface area contributed by atoms with Gasteiger partial charge in [-0.3, -0.25) is 0 Å². The standard InChI is InChI=1S/C14H23N3O3/c1-9-3-5-14(19-2,6-4-9)13-16-12(20-17-13)11-7-10(18)8-15-11/h9-11,15,18H,3-8H2,1-2H3/t9?,10-,11-,14?/m1/s1. The number of hydrogen-bond donors (Lipinski definition) is 2. The van der Waals surface area contributed by atoms with Crippen LogP contribution in [0, 0.1) is 5.92 Å². The highest BCUT2D eigenvalue weighted by molar-refractivity contribution is 5.06. The van der Waals surface area contributed by atoms with Crippen LogP contribution in [0.25, 0.3) is 0 Å². The first-order chi connectivity index (χ1) is 9.63. The van der Waals surface area contributed by atoms with Gasteiger partial charge in [0.05, 0.1) is 12.1 Å². The van der Waals surface area contributed by atoms with Crippen LogP contribution in [0.2, 0.25) is 0 Å². The molecule has 3 rings (SSSR count). The SMILES string of the molecule is COC1(c2noc([C@H]3C[C@@H](O)CN3)n2)CCC(C)CC1. The molecule has 2 N–H and O–H groups in total. The van der Waals surface area contributed by atoms with Crippen molar-refractivity contribution in [3.05, 3.63) is 11.7 Å². The molecule has 2 heterocycles. The molecule has 0 spiro atoms. The van der Waals surface area contributed by atoms with Gasteiger partial charge in [0.25, 0.3) is 0 Å². The zero-order chi connectivity index (χ0) is 14.2. The van der Waals surface area contributed by atoms with Crippen LogP contribution in [0.4, 0.5) is 0 Å². The van der Waals surface area contributed by atoms with Gasteiger partial charge < -0.3 is 19.7 Å². The Kier molecular flexibility index (Phi) is 3.79. The van der Waals surface area contributed by atoms with E-state index < -0.39 is 5.60 Å². The quantitative estimate of drug-likeness (QED) is 0.874. The molecule has 1 aromatic heterocycles. The van der Waals surface area contributed by atoms with Crippen LogP contribution in [0.5, 0.6) is 0 Å². The van der Waals surface area contributed by atoms with Crippen molar-refractivity contribution >= 4 is 0 Å². The second-order valence-corrected chi connectivity index (χ2v) is 6.19. The second kappa shape index (κ2) is 5.42. The Balaban J connectivity index is 1.78. The number of nitrogens with one attached hydrogen (secondary N) is 1. The minimum Gasteiger partial charge on any atom is -0.392 e. The topological polar surface area (TPSA) is 80.4 Å². The molecule has 6 heteroatoms. The summed E-state index contributed by atoms with van der Waals surface area (Å²) in [6.07, 6.45) is 4.41. The van der Waals surface area contributed by atoms with E-state index in [1.54, 1.807) is 7.11 Å². The van der Waals surface area contributed by atoms with Crippen molar-refractivity contribution in [3.63, 3.8) is 0 Å². The van der Waals surface area contributed by atoms with E-state index in [0.29, 0.717) is 24.7 Å². The lowest BCUT2D eigenvalue weighted by Gasteiger charge is -2.35. The summed E-state index contributed by atoms with van der Waals surface area (Å²) in [7, 11) is 1.73. The van der Waals surface area contributed by atoms with Crippen LogP contribution in [0.15, 0.2) is 4.52 Å². The van der Waals surface area contributed by atoms with Gasteiger partial charge in [-0.15, -0.1) is 0 Å². The molecule has 2 atom stereocenters. The third kappa shape index (κ3) is 2.47. The Morgan fingerprint density at radius 3 is 2.75 bits per heavy atom. The molecule has 0 unspecified atom stereocenters. The van der Waals surface area contributed by atoms with Crippen LogP contribution in [0.1, 0.15) is 56.8 Å². The zero-order valence-corrected chi connectivity index (χ0v) is 12.1. The number of rotatable bonds is 3. The zero-order valence-electron chi connectivity index (χ0n) is 12.1. The monoisotopic (exact) mass is 281 g/mol. The van der Waals surface area contributed by atoms with E-state index in [4.69, 9.17) is 9.26 Å². The maximum absolute atomic E-state index is 9.57. The summed E-state index contributed by atoms with van der Waals surface area (Å²) in [5.41, 5.74) is -0.397. The Morgan fingerprint density at radius 1 is 1.40 bits per heavy atom. The van der Waals surface area contributed by atoms with Crippen molar-refractivity contribution < 1.29 is 14.4 Å². The van der Waals surface area contributed by atoms with Gasteiger partial charge >= 0.3 is 0 Å². The van der Waals surface area contributed by atoms with Gasteiger partial charge in [0.2, 0.25) is 11.7 Å². The fourth-order valence-electron chi connectivity index (χ4n) is 3.21. The summed E-state index contributed by atoms with van der Waals surface area (Å²) in [6.45, 7) is 2.85. The number of hydrogen-bond acceptors (Lipinski definition) is 6. The van der Waals surface area contributed by atoms with E-state index in [2.05, 4.69) is 22.4 Å². The van der Waals surface area contributed by atoms with Crippen molar-refractivity contribution in [2.45, 2.75) is 56.8 Å². The average molecular weight is 281 g/mol. The first-order valence-electron chi connectivity index (χ1n) is 7.43. The van der Waals surface area contributed by atoms with Crippen LogP contribution in [-0.4, -0.2) is 35.0 Å². The van der Waals surface area contributed by atoms with Crippen molar-refractivity contribution in [1.29, 1.82) is 0 Å². The highest BCUT2D eigenvalue weighted by atomic mass is 16.5. The van der Waals surface area contributed by atoms with Gasteiger partial charge in [-0.2, -0.15) is 4.98 Å². The Bertz CT molecular complexity index is 454. The molecule has 2 aliphatic rings. The molecule has 112 valence electrons. The number of β-amino-alcohol motifs (C(OH)–C–C–N with tert-alkyl or cyclic N) is 1. The molecule has 20 heavy (non-hydrogen) atoms. The van der Waals surface area contributed by atoms with E-state index in [0.717, 1.165) is 31.6 Å². The van der Waals surface area contributed by atoms with Crippen LogP contribution in [-0.2, 0) is 10.3 Å². The number of aliphatic hydroxyl groups excluding tert-OH is 1. The molecule has 1 saturated heterocycles. The molecule has 1 saturated carbocycles. The summed E-state index contributed by atoms with van der Waals surface area (Å²) in [5, 5.41) is 16.9. The van der Waals surface area contributed by atoms with Gasteiger partial charge in [0, 0.05) is 13.7 Å². The second-order valence-electron chi connectivity index (χ2n) is 6.19. The predicted molar refractivity (Wildman–Crippen MR) is 72.0 cm³/mol. The van der Waals surface area contributed by atoms with E-state index in [-0.39, 0.29) is 12.1 Å². The van der Waals surface area contributed by atoms with Crippen molar-refractivity contribution in [1.82, 2.24) is 15.5 Å².